The minimum Gasteiger partial charge on any atom is -0.497 e. The van der Waals surface area contributed by atoms with E-state index in [0.29, 0.717) is 0 Å². The SMILES string of the molecule is COc1ccc(C(N)Br)cc1. The van der Waals surface area contributed by atoms with Crippen molar-refractivity contribution in [3.05, 3.63) is 29.8 Å². The van der Waals surface area contributed by atoms with E-state index in [1.165, 1.54) is 0 Å². The Morgan fingerprint density at radius 3 is 2.27 bits per heavy atom. The number of alkyl halides is 1. The molecule has 0 spiro atoms. The molecule has 0 aliphatic rings. The van der Waals surface area contributed by atoms with Crippen LogP contribution in [0.1, 0.15) is 10.5 Å². The lowest BCUT2D eigenvalue weighted by molar-refractivity contribution is 0.414. The van der Waals surface area contributed by atoms with Crippen LogP contribution in [0.5, 0.6) is 5.75 Å². The lowest BCUT2D eigenvalue weighted by atomic mass is 10.2. The standard InChI is InChI=1S/C8H10BrNO/c1-11-7-4-2-6(3-5-7)8(9)10/h2-5,8H,10H2,1H3. The second-order valence-corrected chi connectivity index (χ2v) is 3.16. The van der Waals surface area contributed by atoms with Crippen LogP contribution >= 0.6 is 15.9 Å². The molecule has 1 rings (SSSR count). The molecule has 0 aliphatic heterocycles. The third-order valence-corrected chi connectivity index (χ3v) is 1.96. The summed E-state index contributed by atoms with van der Waals surface area (Å²) in [5, 5.41) is 0. The summed E-state index contributed by atoms with van der Waals surface area (Å²) in [5.41, 5.74) is 6.63. The zero-order valence-corrected chi connectivity index (χ0v) is 7.84. The van der Waals surface area contributed by atoms with Crippen molar-refractivity contribution in [2.24, 2.45) is 5.73 Å². The summed E-state index contributed by atoms with van der Waals surface area (Å²) in [5.74, 6) is 0.849. The van der Waals surface area contributed by atoms with Gasteiger partial charge < -0.3 is 10.5 Å². The van der Waals surface area contributed by atoms with Gasteiger partial charge in [-0.15, -0.1) is 0 Å². The van der Waals surface area contributed by atoms with Gasteiger partial charge in [0.05, 0.1) is 12.1 Å². The van der Waals surface area contributed by atoms with Gasteiger partial charge in [0, 0.05) is 0 Å². The maximum absolute atomic E-state index is 5.58. The Kier molecular flexibility index (Phi) is 2.91. The third kappa shape index (κ3) is 2.20. The number of nitrogens with two attached hydrogens (primary N) is 1. The van der Waals surface area contributed by atoms with Gasteiger partial charge in [-0.1, -0.05) is 28.1 Å². The summed E-state index contributed by atoms with van der Waals surface area (Å²) < 4.78 is 4.99. The molecule has 0 bridgehead atoms. The van der Waals surface area contributed by atoms with E-state index in [0.717, 1.165) is 11.3 Å². The lowest BCUT2D eigenvalue weighted by Crippen LogP contribution is -2.00. The van der Waals surface area contributed by atoms with E-state index in [1.807, 2.05) is 24.3 Å². The van der Waals surface area contributed by atoms with Gasteiger partial charge in [-0.3, -0.25) is 0 Å². The van der Waals surface area contributed by atoms with Gasteiger partial charge in [0.2, 0.25) is 0 Å². The predicted octanol–water partition coefficient (Wildman–Crippen LogP) is 2.05. The summed E-state index contributed by atoms with van der Waals surface area (Å²) in [6, 6.07) is 7.63. The molecule has 2 N–H and O–H groups in total. The lowest BCUT2D eigenvalue weighted by Gasteiger charge is -2.04. The molecular formula is C8H10BrNO. The van der Waals surface area contributed by atoms with Crippen molar-refractivity contribution in [1.29, 1.82) is 0 Å². The first-order valence-electron chi connectivity index (χ1n) is 3.27. The highest BCUT2D eigenvalue weighted by Gasteiger charge is 1.99. The molecule has 0 radical (unpaired) electrons. The molecule has 0 heterocycles. The van der Waals surface area contributed by atoms with Gasteiger partial charge >= 0.3 is 0 Å². The molecule has 3 heteroatoms. The number of halogens is 1. The van der Waals surface area contributed by atoms with Crippen molar-refractivity contribution in [2.75, 3.05) is 7.11 Å². The van der Waals surface area contributed by atoms with E-state index in [9.17, 15) is 0 Å². The molecular weight excluding hydrogens is 206 g/mol. The Hall–Kier alpha value is -0.540. The van der Waals surface area contributed by atoms with Crippen LogP contribution in [-0.4, -0.2) is 7.11 Å². The molecule has 11 heavy (non-hydrogen) atoms. The second kappa shape index (κ2) is 3.74. The average molecular weight is 216 g/mol. The fourth-order valence-corrected chi connectivity index (χ4v) is 1.09. The number of methoxy groups -OCH3 is 1. The number of hydrogen-bond donors (Lipinski definition) is 1. The zero-order chi connectivity index (χ0) is 8.27. The molecule has 1 aromatic rings. The van der Waals surface area contributed by atoms with Crippen molar-refractivity contribution in [1.82, 2.24) is 0 Å². The smallest absolute Gasteiger partial charge is 0.118 e. The first-order chi connectivity index (χ1) is 5.24. The highest BCUT2D eigenvalue weighted by atomic mass is 79.9. The molecule has 0 saturated heterocycles. The maximum Gasteiger partial charge on any atom is 0.118 e. The maximum atomic E-state index is 5.58. The van der Waals surface area contributed by atoms with E-state index < -0.39 is 0 Å². The fourth-order valence-electron chi connectivity index (χ4n) is 0.788. The minimum absolute atomic E-state index is 0.0894. The van der Waals surface area contributed by atoms with Crippen molar-refractivity contribution >= 4 is 15.9 Å². The molecule has 60 valence electrons. The number of hydrogen-bond acceptors (Lipinski definition) is 2. The topological polar surface area (TPSA) is 35.2 Å². The Labute approximate surface area is 74.5 Å². The van der Waals surface area contributed by atoms with Gasteiger partial charge in [0.1, 0.15) is 5.75 Å². The molecule has 0 aromatic heterocycles. The first kappa shape index (κ1) is 8.56. The van der Waals surface area contributed by atoms with Gasteiger partial charge in [0.25, 0.3) is 0 Å². The van der Waals surface area contributed by atoms with Crippen LogP contribution in [0.2, 0.25) is 0 Å². The third-order valence-electron chi connectivity index (χ3n) is 1.43. The summed E-state index contributed by atoms with van der Waals surface area (Å²) in [6.07, 6.45) is 0. The molecule has 0 fully saturated rings. The average Bonchev–Trinajstić information content (AvgIpc) is 2.05. The van der Waals surface area contributed by atoms with Crippen LogP contribution < -0.4 is 10.5 Å². The van der Waals surface area contributed by atoms with Crippen LogP contribution in [0.4, 0.5) is 0 Å². The van der Waals surface area contributed by atoms with Gasteiger partial charge in [-0.25, -0.2) is 0 Å². The highest BCUT2D eigenvalue weighted by molar-refractivity contribution is 9.09. The van der Waals surface area contributed by atoms with Crippen LogP contribution in [0.15, 0.2) is 24.3 Å². The van der Waals surface area contributed by atoms with Crippen molar-refractivity contribution in [3.63, 3.8) is 0 Å². The van der Waals surface area contributed by atoms with E-state index >= 15 is 0 Å². The van der Waals surface area contributed by atoms with Crippen molar-refractivity contribution in [2.45, 2.75) is 4.95 Å². The minimum atomic E-state index is -0.0894. The highest BCUT2D eigenvalue weighted by Crippen LogP contribution is 2.19. The van der Waals surface area contributed by atoms with Gasteiger partial charge in [0.15, 0.2) is 0 Å². The van der Waals surface area contributed by atoms with E-state index in [2.05, 4.69) is 15.9 Å². The van der Waals surface area contributed by atoms with Crippen LogP contribution in [0, 0.1) is 0 Å². The quantitative estimate of drug-likeness (QED) is 0.606. The number of benzene rings is 1. The Morgan fingerprint density at radius 2 is 1.91 bits per heavy atom. The monoisotopic (exact) mass is 215 g/mol. The zero-order valence-electron chi connectivity index (χ0n) is 6.25. The summed E-state index contributed by atoms with van der Waals surface area (Å²) in [4.78, 5) is -0.0894. The van der Waals surface area contributed by atoms with Gasteiger partial charge in [-0.05, 0) is 17.7 Å². The Balaban J connectivity index is 2.83. The molecule has 1 aromatic carbocycles. The van der Waals surface area contributed by atoms with E-state index in [1.54, 1.807) is 7.11 Å². The van der Waals surface area contributed by atoms with Gasteiger partial charge in [-0.2, -0.15) is 0 Å². The fraction of sp³-hybridized carbons (Fsp3) is 0.250. The van der Waals surface area contributed by atoms with E-state index in [4.69, 9.17) is 10.5 Å². The molecule has 0 aliphatic carbocycles. The predicted molar refractivity (Wildman–Crippen MR) is 48.8 cm³/mol. The van der Waals surface area contributed by atoms with Crippen LogP contribution in [-0.2, 0) is 0 Å². The number of rotatable bonds is 2. The molecule has 1 unspecified atom stereocenters. The summed E-state index contributed by atoms with van der Waals surface area (Å²) in [7, 11) is 1.64. The molecule has 0 amide bonds. The second-order valence-electron chi connectivity index (χ2n) is 2.17. The molecule has 1 atom stereocenters. The first-order valence-corrected chi connectivity index (χ1v) is 4.19. The summed E-state index contributed by atoms with van der Waals surface area (Å²) >= 11 is 3.27. The number of ether oxygens (including phenoxy) is 1. The summed E-state index contributed by atoms with van der Waals surface area (Å²) in [6.45, 7) is 0. The van der Waals surface area contributed by atoms with Crippen LogP contribution in [0.25, 0.3) is 0 Å². The largest absolute Gasteiger partial charge is 0.497 e. The van der Waals surface area contributed by atoms with Crippen molar-refractivity contribution < 1.29 is 4.74 Å². The van der Waals surface area contributed by atoms with Crippen molar-refractivity contribution in [3.8, 4) is 5.75 Å². The Bertz CT molecular complexity index is 220. The molecule has 2 nitrogen and oxygen atoms in total. The van der Waals surface area contributed by atoms with Crippen LogP contribution in [0.3, 0.4) is 0 Å². The Morgan fingerprint density at radius 1 is 1.36 bits per heavy atom. The van der Waals surface area contributed by atoms with E-state index in [-0.39, 0.29) is 4.95 Å². The molecule has 0 saturated carbocycles. The normalized spacial score (nSPS) is 12.6.